The molecular formula is C12F6N4. The topological polar surface area (TPSA) is 52.9 Å². The lowest BCUT2D eigenvalue weighted by Crippen LogP contribution is -2.25. The van der Waals surface area contributed by atoms with Gasteiger partial charge in [0.2, 0.25) is 6.19 Å². The molecule has 0 heterocycles. The Morgan fingerprint density at radius 3 is 1.73 bits per heavy atom. The molecule has 0 N–H and O–H groups in total. The number of hydrogen-bond acceptors (Lipinski definition) is 3. The molecule has 22 heavy (non-hydrogen) atoms. The van der Waals surface area contributed by atoms with Gasteiger partial charge < -0.3 is 0 Å². The van der Waals surface area contributed by atoms with Crippen LogP contribution < -0.4 is 0 Å². The van der Waals surface area contributed by atoms with Gasteiger partial charge in [-0.3, -0.25) is 0 Å². The minimum Gasteiger partial charge on any atom is -0.203 e. The molecule has 0 spiro atoms. The van der Waals surface area contributed by atoms with Crippen LogP contribution in [0, 0.1) is 41.3 Å². The summed E-state index contributed by atoms with van der Waals surface area (Å²) in [5.74, 6) is -12.7. The molecule has 0 fully saturated rings. The molecule has 4 nitrogen and oxygen atoms in total. The van der Waals surface area contributed by atoms with Crippen molar-refractivity contribution < 1.29 is 26.3 Å². The number of benzene rings is 1. The molecule has 1 aliphatic carbocycles. The number of rotatable bonds is 0. The zero-order valence-corrected chi connectivity index (χ0v) is 10.1. The van der Waals surface area contributed by atoms with Gasteiger partial charge in [0.05, 0.1) is 16.2 Å². The lowest BCUT2D eigenvalue weighted by Gasteiger charge is -2.17. The standard InChI is InChI=1S/C12F6N4/c1-20-22-12-4-3(5(13)7(15)8(16)6(4)14)11(21-2-19)9(17)10(12)18/b21-11-,22-12+. The molecule has 0 saturated heterocycles. The lowest BCUT2D eigenvalue weighted by atomic mass is 9.90. The summed E-state index contributed by atoms with van der Waals surface area (Å²) in [4.78, 5) is 5.07. The Morgan fingerprint density at radius 1 is 0.818 bits per heavy atom. The first-order valence-corrected chi connectivity index (χ1v) is 5.20. The fraction of sp³-hybridized carbons (Fsp3) is 0. The Kier molecular flexibility index (Phi) is 3.70. The number of allylic oxidation sites excluding steroid dienone is 2. The van der Waals surface area contributed by atoms with Gasteiger partial charge in [0.1, 0.15) is 5.71 Å². The van der Waals surface area contributed by atoms with Crippen molar-refractivity contribution in [3.63, 3.8) is 0 Å². The molecule has 0 aliphatic heterocycles. The van der Waals surface area contributed by atoms with E-state index in [2.05, 4.69) is 15.0 Å². The van der Waals surface area contributed by atoms with E-state index in [0.29, 0.717) is 0 Å². The molecule has 0 amide bonds. The quantitative estimate of drug-likeness (QED) is 0.181. The van der Waals surface area contributed by atoms with Crippen LogP contribution in [-0.2, 0) is 0 Å². The van der Waals surface area contributed by atoms with Crippen LogP contribution in [0.2, 0.25) is 0 Å². The number of halogens is 6. The van der Waals surface area contributed by atoms with Crippen LogP contribution in [0.1, 0.15) is 11.1 Å². The van der Waals surface area contributed by atoms with E-state index >= 15 is 0 Å². The highest BCUT2D eigenvalue weighted by atomic mass is 19.2. The van der Waals surface area contributed by atoms with Crippen molar-refractivity contribution in [3.8, 4) is 6.19 Å². The molecular weight excluding hydrogens is 314 g/mol. The predicted octanol–water partition coefficient (Wildman–Crippen LogP) is 3.30. The second-order valence-electron chi connectivity index (χ2n) is 3.74. The van der Waals surface area contributed by atoms with Crippen molar-refractivity contribution in [1.29, 1.82) is 5.26 Å². The van der Waals surface area contributed by atoms with Crippen LogP contribution in [0.4, 0.5) is 26.3 Å². The van der Waals surface area contributed by atoms with Gasteiger partial charge in [-0.1, -0.05) is 0 Å². The summed E-state index contributed by atoms with van der Waals surface area (Å²) in [7, 11) is 0. The molecule has 0 unspecified atom stereocenters. The summed E-state index contributed by atoms with van der Waals surface area (Å²) in [6, 6.07) is 0. The number of aliphatic imine (C=N–C) groups is 1. The Labute approximate surface area is 118 Å². The number of hydrogen-bond donors (Lipinski definition) is 0. The Morgan fingerprint density at radius 2 is 1.27 bits per heavy atom. The van der Waals surface area contributed by atoms with Crippen molar-refractivity contribution in [2.75, 3.05) is 0 Å². The van der Waals surface area contributed by atoms with Crippen molar-refractivity contribution in [2.24, 2.45) is 10.1 Å². The minimum atomic E-state index is -2.31. The van der Waals surface area contributed by atoms with Gasteiger partial charge in [-0.05, 0) is 0 Å². The largest absolute Gasteiger partial charge is 0.206 e. The summed E-state index contributed by atoms with van der Waals surface area (Å²) in [5.41, 5.74) is -5.40. The van der Waals surface area contributed by atoms with Crippen LogP contribution >= 0.6 is 0 Å². The maximum Gasteiger partial charge on any atom is 0.206 e. The lowest BCUT2D eigenvalue weighted by molar-refractivity contribution is 0.406. The predicted molar refractivity (Wildman–Crippen MR) is 60.8 cm³/mol. The first-order chi connectivity index (χ1) is 10.4. The molecule has 1 aliphatic rings. The Balaban J connectivity index is 3.09. The van der Waals surface area contributed by atoms with E-state index in [4.69, 9.17) is 11.8 Å². The summed E-state index contributed by atoms with van der Waals surface area (Å²) in [6.45, 7) is 6.45. The van der Waals surface area contributed by atoms with Gasteiger partial charge in [0.25, 0.3) is 0 Å². The summed E-state index contributed by atoms with van der Waals surface area (Å²) in [5, 5.41) is 11.1. The van der Waals surface area contributed by atoms with E-state index in [0.717, 1.165) is 6.19 Å². The molecule has 110 valence electrons. The fourth-order valence-corrected chi connectivity index (χ4v) is 1.80. The van der Waals surface area contributed by atoms with E-state index in [9.17, 15) is 26.3 Å². The average molecular weight is 314 g/mol. The summed E-state index contributed by atoms with van der Waals surface area (Å²) in [6.07, 6.45) is 0.998. The molecule has 0 bridgehead atoms. The van der Waals surface area contributed by atoms with Crippen molar-refractivity contribution in [3.05, 3.63) is 57.6 Å². The second kappa shape index (κ2) is 5.33. The van der Waals surface area contributed by atoms with E-state index in [1.807, 2.05) is 0 Å². The van der Waals surface area contributed by atoms with Crippen LogP contribution in [0.5, 0.6) is 0 Å². The highest BCUT2D eigenvalue weighted by molar-refractivity contribution is 6.29. The third-order valence-corrected chi connectivity index (χ3v) is 2.66. The molecule has 1 aromatic rings. The summed E-state index contributed by atoms with van der Waals surface area (Å²) < 4.78 is 81.7. The summed E-state index contributed by atoms with van der Waals surface area (Å²) >= 11 is 0. The van der Waals surface area contributed by atoms with Gasteiger partial charge in [-0.25, -0.2) is 26.3 Å². The smallest absolute Gasteiger partial charge is 0.203 e. The van der Waals surface area contributed by atoms with Gasteiger partial charge in [-0.2, -0.15) is 16.8 Å². The second-order valence-corrected chi connectivity index (χ2v) is 3.74. The van der Waals surface area contributed by atoms with Gasteiger partial charge in [-0.15, -0.1) is 4.95 Å². The average Bonchev–Trinajstić information content (AvgIpc) is 2.50. The van der Waals surface area contributed by atoms with Gasteiger partial charge in [0, 0.05) is 0 Å². The first kappa shape index (κ1) is 15.3. The number of nitrogens with zero attached hydrogens (tertiary/aromatic N) is 4. The van der Waals surface area contributed by atoms with Gasteiger partial charge >= 0.3 is 0 Å². The van der Waals surface area contributed by atoms with Crippen molar-refractivity contribution in [2.45, 2.75) is 0 Å². The van der Waals surface area contributed by atoms with Gasteiger partial charge in [0.15, 0.2) is 40.6 Å². The highest BCUT2D eigenvalue weighted by Gasteiger charge is 2.40. The van der Waals surface area contributed by atoms with E-state index < -0.39 is 57.5 Å². The monoisotopic (exact) mass is 314 g/mol. The maximum atomic E-state index is 13.8. The highest BCUT2D eigenvalue weighted by Crippen LogP contribution is 2.35. The molecule has 0 atom stereocenters. The van der Waals surface area contributed by atoms with E-state index in [1.165, 1.54) is 0 Å². The zero-order chi connectivity index (χ0) is 16.6. The van der Waals surface area contributed by atoms with Crippen molar-refractivity contribution in [1.82, 2.24) is 0 Å². The number of fused-ring (bicyclic) bond motifs is 1. The molecule has 1 aromatic carbocycles. The SMILES string of the molecule is [C-]#[N+]/N=C1C(F)=C(F)/C(=N\C#N)c2c(F)c(F)c(F)c(F)c2/1. The van der Waals surface area contributed by atoms with Crippen LogP contribution in [-0.4, -0.2) is 11.4 Å². The van der Waals surface area contributed by atoms with Crippen LogP contribution in [0.3, 0.4) is 0 Å². The first-order valence-electron chi connectivity index (χ1n) is 5.20. The molecule has 10 heteroatoms. The number of nitriles is 1. The zero-order valence-electron chi connectivity index (χ0n) is 10.1. The third-order valence-electron chi connectivity index (χ3n) is 2.66. The normalized spacial score (nSPS) is 17.5. The molecule has 0 radical (unpaired) electrons. The Bertz CT molecular complexity index is 798. The molecule has 0 aromatic heterocycles. The van der Waals surface area contributed by atoms with Crippen molar-refractivity contribution >= 4 is 11.4 Å². The maximum absolute atomic E-state index is 13.8. The molecule has 0 saturated carbocycles. The van der Waals surface area contributed by atoms with E-state index in [-0.39, 0.29) is 0 Å². The van der Waals surface area contributed by atoms with Crippen LogP contribution in [0.15, 0.2) is 21.7 Å². The van der Waals surface area contributed by atoms with Crippen LogP contribution in [0.25, 0.3) is 4.95 Å². The minimum absolute atomic E-state index is 0.998. The van der Waals surface area contributed by atoms with E-state index in [1.54, 1.807) is 0 Å². The third kappa shape index (κ3) is 1.93. The Hall–Kier alpha value is -3.14. The fourth-order valence-electron chi connectivity index (χ4n) is 1.80. The molecule has 2 rings (SSSR count).